The van der Waals surface area contributed by atoms with E-state index in [1.807, 2.05) is 22.9 Å². The average molecular weight is 407 g/mol. The number of nitrogen functional groups attached to an aromatic ring is 1. The van der Waals surface area contributed by atoms with Crippen LogP contribution in [0.15, 0.2) is 49.1 Å². The SMILES string of the molecule is Cl.Cl.Nc1ccc2c3c(cccc13)C(=O)N(CCCCn1ccnc1)C2=O. The standard InChI is InChI=1S/C19H18N4O2.2ClH/c20-16-7-6-15-17-13(16)4-3-5-14(17)18(24)23(19(15)25)10-2-1-9-22-11-8-21-12-22;;/h3-8,11-12H,1-2,9-10,20H2;2*1H. The van der Waals surface area contributed by atoms with Crippen LogP contribution in [0.25, 0.3) is 10.8 Å². The number of anilines is 1. The van der Waals surface area contributed by atoms with Gasteiger partial charge in [-0.05, 0) is 31.0 Å². The molecule has 0 saturated heterocycles. The molecule has 2 N–H and O–H groups in total. The van der Waals surface area contributed by atoms with E-state index < -0.39 is 0 Å². The third-order valence-corrected chi connectivity index (χ3v) is 4.63. The van der Waals surface area contributed by atoms with Gasteiger partial charge in [-0.2, -0.15) is 0 Å². The lowest BCUT2D eigenvalue weighted by molar-refractivity contribution is 0.0607. The highest BCUT2D eigenvalue weighted by Crippen LogP contribution is 2.33. The van der Waals surface area contributed by atoms with Gasteiger partial charge in [0.15, 0.2) is 0 Å². The zero-order valence-corrected chi connectivity index (χ0v) is 16.1. The van der Waals surface area contributed by atoms with Crippen molar-refractivity contribution in [1.29, 1.82) is 0 Å². The molecular weight excluding hydrogens is 387 g/mol. The van der Waals surface area contributed by atoms with Crippen LogP contribution in [0, 0.1) is 0 Å². The normalized spacial score (nSPS) is 12.7. The number of unbranched alkanes of at least 4 members (excludes halogenated alkanes) is 1. The van der Waals surface area contributed by atoms with Crippen molar-refractivity contribution in [3.63, 3.8) is 0 Å². The monoisotopic (exact) mass is 406 g/mol. The van der Waals surface area contributed by atoms with E-state index in [2.05, 4.69) is 4.98 Å². The van der Waals surface area contributed by atoms with Crippen molar-refractivity contribution in [3.8, 4) is 0 Å². The summed E-state index contributed by atoms with van der Waals surface area (Å²) in [7, 11) is 0. The van der Waals surface area contributed by atoms with Crippen molar-refractivity contribution in [2.24, 2.45) is 0 Å². The molecule has 2 heterocycles. The third-order valence-electron chi connectivity index (χ3n) is 4.63. The molecule has 1 aromatic heterocycles. The van der Waals surface area contributed by atoms with E-state index in [1.165, 1.54) is 4.90 Å². The second-order valence-corrected chi connectivity index (χ2v) is 6.20. The minimum Gasteiger partial charge on any atom is -0.398 e. The van der Waals surface area contributed by atoms with E-state index in [0.717, 1.165) is 24.8 Å². The van der Waals surface area contributed by atoms with Crippen LogP contribution in [0.2, 0.25) is 0 Å². The first kappa shape index (κ1) is 20.7. The number of aromatic nitrogens is 2. The lowest BCUT2D eigenvalue weighted by Crippen LogP contribution is -2.41. The fourth-order valence-electron chi connectivity index (χ4n) is 3.36. The van der Waals surface area contributed by atoms with Gasteiger partial charge in [-0.3, -0.25) is 14.5 Å². The Kier molecular flexibility index (Phi) is 6.46. The summed E-state index contributed by atoms with van der Waals surface area (Å²) < 4.78 is 1.98. The lowest BCUT2D eigenvalue weighted by atomic mass is 9.93. The smallest absolute Gasteiger partial charge is 0.261 e. The van der Waals surface area contributed by atoms with Gasteiger partial charge in [0, 0.05) is 53.1 Å². The Morgan fingerprint density at radius 3 is 2.33 bits per heavy atom. The van der Waals surface area contributed by atoms with E-state index in [0.29, 0.717) is 28.7 Å². The first-order valence-electron chi connectivity index (χ1n) is 8.30. The number of carbonyl (C=O) groups is 2. The quantitative estimate of drug-likeness (QED) is 0.399. The molecular formula is C19H20Cl2N4O2. The third kappa shape index (κ3) is 3.63. The number of imidazole rings is 1. The van der Waals surface area contributed by atoms with E-state index in [9.17, 15) is 9.59 Å². The number of rotatable bonds is 5. The molecule has 142 valence electrons. The lowest BCUT2D eigenvalue weighted by Gasteiger charge is -2.27. The summed E-state index contributed by atoms with van der Waals surface area (Å²) >= 11 is 0. The minimum absolute atomic E-state index is 0. The van der Waals surface area contributed by atoms with Crippen molar-refractivity contribution in [2.45, 2.75) is 19.4 Å². The van der Waals surface area contributed by atoms with Gasteiger partial charge in [-0.25, -0.2) is 4.98 Å². The Morgan fingerprint density at radius 2 is 1.63 bits per heavy atom. The zero-order chi connectivity index (χ0) is 17.4. The molecule has 0 atom stereocenters. The molecule has 4 rings (SSSR count). The molecule has 1 aliphatic heterocycles. The second kappa shape index (κ2) is 8.41. The number of carbonyl (C=O) groups excluding carboxylic acids is 2. The van der Waals surface area contributed by atoms with Crippen molar-refractivity contribution < 1.29 is 9.59 Å². The Bertz CT molecular complexity index is 951. The summed E-state index contributed by atoms with van der Waals surface area (Å²) in [5.41, 5.74) is 7.68. The second-order valence-electron chi connectivity index (χ2n) is 6.20. The fraction of sp³-hybridized carbons (Fsp3) is 0.211. The molecule has 0 aliphatic carbocycles. The number of nitrogens with two attached hydrogens (primary N) is 1. The van der Waals surface area contributed by atoms with Gasteiger partial charge in [0.25, 0.3) is 11.8 Å². The van der Waals surface area contributed by atoms with Crippen LogP contribution < -0.4 is 5.73 Å². The maximum Gasteiger partial charge on any atom is 0.261 e. The van der Waals surface area contributed by atoms with Crippen molar-refractivity contribution in [1.82, 2.24) is 14.5 Å². The van der Waals surface area contributed by atoms with E-state index in [-0.39, 0.29) is 36.6 Å². The molecule has 1 aliphatic rings. The number of nitrogens with zero attached hydrogens (tertiary/aromatic N) is 3. The Labute approximate surface area is 169 Å². The predicted octanol–water partition coefficient (Wildman–Crippen LogP) is 3.54. The van der Waals surface area contributed by atoms with Gasteiger partial charge < -0.3 is 10.3 Å². The maximum atomic E-state index is 12.8. The summed E-state index contributed by atoms with van der Waals surface area (Å²) in [5, 5.41) is 1.43. The van der Waals surface area contributed by atoms with Gasteiger partial charge in [0.05, 0.1) is 6.33 Å². The Hall–Kier alpha value is -2.57. The van der Waals surface area contributed by atoms with Crippen LogP contribution in [0.3, 0.4) is 0 Å². The highest BCUT2D eigenvalue weighted by molar-refractivity contribution is 6.26. The number of halogens is 2. The average Bonchev–Trinajstić information content (AvgIpc) is 3.13. The Balaban J connectivity index is 0.00000131. The summed E-state index contributed by atoms with van der Waals surface area (Å²) in [6.07, 6.45) is 7.01. The maximum absolute atomic E-state index is 12.8. The molecule has 0 saturated carbocycles. The van der Waals surface area contributed by atoms with Crippen LogP contribution >= 0.6 is 24.8 Å². The topological polar surface area (TPSA) is 81.2 Å². The molecule has 2 aromatic carbocycles. The summed E-state index contributed by atoms with van der Waals surface area (Å²) in [6, 6.07) is 8.86. The van der Waals surface area contributed by atoms with Gasteiger partial charge >= 0.3 is 0 Å². The largest absolute Gasteiger partial charge is 0.398 e. The molecule has 0 unspecified atom stereocenters. The van der Waals surface area contributed by atoms with Crippen LogP contribution in [-0.4, -0.2) is 32.8 Å². The number of imide groups is 1. The van der Waals surface area contributed by atoms with Crippen molar-refractivity contribution in [2.75, 3.05) is 12.3 Å². The number of hydrogen-bond acceptors (Lipinski definition) is 4. The molecule has 0 spiro atoms. The number of benzene rings is 2. The highest BCUT2D eigenvalue weighted by Gasteiger charge is 2.32. The zero-order valence-electron chi connectivity index (χ0n) is 14.5. The van der Waals surface area contributed by atoms with E-state index in [1.54, 1.807) is 30.7 Å². The predicted molar refractivity (Wildman–Crippen MR) is 110 cm³/mol. The van der Waals surface area contributed by atoms with Crippen molar-refractivity contribution in [3.05, 3.63) is 60.2 Å². The molecule has 8 heteroatoms. The molecule has 6 nitrogen and oxygen atoms in total. The molecule has 0 fully saturated rings. The van der Waals surface area contributed by atoms with Crippen LogP contribution in [0.5, 0.6) is 0 Å². The number of hydrogen-bond donors (Lipinski definition) is 1. The Morgan fingerprint density at radius 1 is 0.926 bits per heavy atom. The van der Waals surface area contributed by atoms with E-state index in [4.69, 9.17) is 5.73 Å². The molecule has 0 bridgehead atoms. The van der Waals surface area contributed by atoms with Crippen LogP contribution in [0.1, 0.15) is 33.6 Å². The van der Waals surface area contributed by atoms with Gasteiger partial charge in [-0.1, -0.05) is 12.1 Å². The first-order valence-corrected chi connectivity index (χ1v) is 8.30. The van der Waals surface area contributed by atoms with Crippen LogP contribution in [0.4, 0.5) is 5.69 Å². The molecule has 2 amide bonds. The highest BCUT2D eigenvalue weighted by atomic mass is 35.5. The summed E-state index contributed by atoms with van der Waals surface area (Å²) in [6.45, 7) is 1.23. The van der Waals surface area contributed by atoms with Gasteiger partial charge in [-0.15, -0.1) is 24.8 Å². The molecule has 3 aromatic rings. The fourth-order valence-corrected chi connectivity index (χ4v) is 3.36. The van der Waals surface area contributed by atoms with Gasteiger partial charge in [0.2, 0.25) is 0 Å². The van der Waals surface area contributed by atoms with E-state index >= 15 is 0 Å². The summed E-state index contributed by atoms with van der Waals surface area (Å²) in [5.74, 6) is -0.479. The minimum atomic E-state index is -0.240. The van der Waals surface area contributed by atoms with Crippen molar-refractivity contribution >= 4 is 53.1 Å². The number of amides is 2. The van der Waals surface area contributed by atoms with Gasteiger partial charge in [0.1, 0.15) is 0 Å². The molecule has 27 heavy (non-hydrogen) atoms. The summed E-state index contributed by atoms with van der Waals surface area (Å²) in [4.78, 5) is 30.9. The number of aryl methyl sites for hydroxylation is 1. The van der Waals surface area contributed by atoms with Crippen LogP contribution in [-0.2, 0) is 6.54 Å². The first-order chi connectivity index (χ1) is 12.2. The molecule has 0 radical (unpaired) electrons.